The van der Waals surface area contributed by atoms with Crippen LogP contribution in [0.5, 0.6) is 0 Å². The van der Waals surface area contributed by atoms with Crippen molar-refractivity contribution >= 4 is 26.0 Å². The number of nitrogens with two attached hydrogens (primary N) is 1. The van der Waals surface area contributed by atoms with Crippen LogP contribution in [0.15, 0.2) is 24.3 Å². The maximum absolute atomic E-state index is 12.8. The highest BCUT2D eigenvalue weighted by molar-refractivity contribution is 7.78. The summed E-state index contributed by atoms with van der Waals surface area (Å²) in [5.41, 5.74) is 6.05. The van der Waals surface area contributed by atoms with Crippen LogP contribution in [0, 0.1) is 0 Å². The van der Waals surface area contributed by atoms with Gasteiger partial charge >= 0.3 is 7.60 Å². The van der Waals surface area contributed by atoms with Gasteiger partial charge < -0.3 is 19.7 Å². The van der Waals surface area contributed by atoms with Crippen molar-refractivity contribution in [3.63, 3.8) is 0 Å². The van der Waals surface area contributed by atoms with Crippen molar-refractivity contribution in [1.29, 1.82) is 0 Å². The van der Waals surface area contributed by atoms with Crippen molar-refractivity contribution in [2.75, 3.05) is 24.9 Å². The number of benzene rings is 1. The Bertz CT molecular complexity index is 520. The molecule has 0 radical (unpaired) electrons. The third kappa shape index (κ3) is 4.75. The summed E-state index contributed by atoms with van der Waals surface area (Å²) in [5, 5.41) is 0.323. The van der Waals surface area contributed by atoms with Crippen LogP contribution >= 0.6 is 15.0 Å². The average molecular weight is 307 g/mol. The van der Waals surface area contributed by atoms with E-state index in [1.165, 1.54) is 6.07 Å². The van der Waals surface area contributed by atoms with Crippen molar-refractivity contribution in [2.24, 2.45) is 0 Å². The molecule has 0 aliphatic carbocycles. The van der Waals surface area contributed by atoms with E-state index >= 15 is 0 Å². The lowest BCUT2D eigenvalue weighted by molar-refractivity contribution is 0.275. The van der Waals surface area contributed by atoms with Crippen molar-refractivity contribution < 1.29 is 23.1 Å². The quantitative estimate of drug-likeness (QED) is 0.593. The van der Waals surface area contributed by atoms with Gasteiger partial charge in [-0.05, 0) is 32.0 Å². The van der Waals surface area contributed by atoms with Crippen LogP contribution in [0.25, 0.3) is 0 Å². The Morgan fingerprint density at radius 1 is 1.21 bits per heavy atom. The highest BCUT2D eigenvalue weighted by Crippen LogP contribution is 2.59. The molecule has 0 saturated heterocycles. The Labute approximate surface area is 112 Å². The summed E-state index contributed by atoms with van der Waals surface area (Å²) in [5.74, 6) is -0.550. The first-order valence-electron chi connectivity index (χ1n) is 5.89. The van der Waals surface area contributed by atoms with Crippen molar-refractivity contribution in [2.45, 2.75) is 13.8 Å². The number of nitrogen functional groups attached to an aromatic ring is 1. The topological polar surface area (TPSA) is 98.8 Å². The fourth-order valence-electron chi connectivity index (χ4n) is 1.62. The molecule has 0 fully saturated rings. The normalized spacial score (nSPS) is 17.6. The highest BCUT2D eigenvalue weighted by Gasteiger charge is 2.36. The molecule has 108 valence electrons. The third-order valence-electron chi connectivity index (χ3n) is 2.30. The predicted molar refractivity (Wildman–Crippen MR) is 76.0 cm³/mol. The molecule has 1 aromatic rings. The molecule has 8 heteroatoms. The number of hydrogen-bond acceptors (Lipinski definition) is 5. The molecule has 0 aromatic heterocycles. The van der Waals surface area contributed by atoms with Crippen molar-refractivity contribution in [1.82, 2.24) is 0 Å². The van der Waals surface area contributed by atoms with Crippen LogP contribution in [0.4, 0.5) is 5.69 Å². The van der Waals surface area contributed by atoms with Crippen LogP contribution in [0.3, 0.4) is 0 Å². The molecule has 0 bridgehead atoms. The Morgan fingerprint density at radius 2 is 1.84 bits per heavy atom. The summed E-state index contributed by atoms with van der Waals surface area (Å²) in [6.07, 6.45) is 0. The summed E-state index contributed by atoms with van der Waals surface area (Å²) < 4.78 is 34.6. The first kappa shape index (κ1) is 16.4. The van der Waals surface area contributed by atoms with Crippen LogP contribution in [0.1, 0.15) is 13.8 Å². The molecule has 2 atom stereocenters. The second kappa shape index (κ2) is 6.69. The second-order valence-electron chi connectivity index (χ2n) is 3.88. The van der Waals surface area contributed by atoms with Crippen LogP contribution in [-0.2, 0) is 18.2 Å². The van der Waals surface area contributed by atoms with Crippen molar-refractivity contribution in [3.8, 4) is 0 Å². The van der Waals surface area contributed by atoms with Gasteiger partial charge in [-0.15, -0.1) is 0 Å². The molecule has 6 nitrogen and oxygen atoms in total. The number of anilines is 1. The Morgan fingerprint density at radius 3 is 2.37 bits per heavy atom. The molecular weight excluding hydrogens is 288 g/mol. The zero-order chi connectivity index (χ0) is 14.5. The van der Waals surface area contributed by atoms with E-state index in [0.717, 1.165) is 0 Å². The first-order valence-corrected chi connectivity index (χ1v) is 9.46. The lowest BCUT2D eigenvalue weighted by atomic mass is 10.3. The van der Waals surface area contributed by atoms with Gasteiger partial charge in [-0.2, -0.15) is 0 Å². The maximum atomic E-state index is 12.8. The predicted octanol–water partition coefficient (Wildman–Crippen LogP) is 2.39. The minimum absolute atomic E-state index is 0.0663. The molecule has 0 aliphatic heterocycles. The fourth-order valence-corrected chi connectivity index (χ4v) is 6.44. The molecule has 2 unspecified atom stereocenters. The van der Waals surface area contributed by atoms with Gasteiger partial charge in [-0.3, -0.25) is 9.13 Å². The molecule has 0 heterocycles. The first-order chi connectivity index (χ1) is 8.83. The van der Waals surface area contributed by atoms with E-state index in [-0.39, 0.29) is 13.2 Å². The summed E-state index contributed by atoms with van der Waals surface area (Å²) in [4.78, 5) is 9.66. The lowest BCUT2D eigenvalue weighted by Gasteiger charge is -2.21. The summed E-state index contributed by atoms with van der Waals surface area (Å²) in [6, 6.07) is 6.32. The van der Waals surface area contributed by atoms with E-state index in [1.807, 2.05) is 0 Å². The van der Waals surface area contributed by atoms with Gasteiger partial charge in [0.1, 0.15) is 5.90 Å². The molecular formula is C11H19NO5P2. The molecule has 19 heavy (non-hydrogen) atoms. The largest absolute Gasteiger partial charge is 0.399 e. The zero-order valence-corrected chi connectivity index (χ0v) is 12.8. The SMILES string of the molecule is CCOP(=O)(O)CP(=O)(OCC)c1cccc(N)c1. The van der Waals surface area contributed by atoms with Crippen LogP contribution in [-0.4, -0.2) is 24.0 Å². The van der Waals surface area contributed by atoms with E-state index in [4.69, 9.17) is 14.8 Å². The molecule has 0 amide bonds. The third-order valence-corrected chi connectivity index (χ3v) is 7.62. The van der Waals surface area contributed by atoms with Crippen LogP contribution < -0.4 is 11.0 Å². The van der Waals surface area contributed by atoms with E-state index in [0.29, 0.717) is 11.0 Å². The molecule has 0 aliphatic rings. The molecule has 0 spiro atoms. The monoisotopic (exact) mass is 307 g/mol. The van der Waals surface area contributed by atoms with Gasteiger partial charge in [0.15, 0.2) is 0 Å². The smallest absolute Gasteiger partial charge is 0.338 e. The highest BCUT2D eigenvalue weighted by atomic mass is 31.2. The minimum atomic E-state index is -3.95. The number of hydrogen-bond donors (Lipinski definition) is 2. The van der Waals surface area contributed by atoms with Gasteiger partial charge in [0.05, 0.1) is 13.2 Å². The zero-order valence-electron chi connectivity index (χ0n) is 11.0. The minimum Gasteiger partial charge on any atom is -0.399 e. The summed E-state index contributed by atoms with van der Waals surface area (Å²) in [7, 11) is -7.42. The lowest BCUT2D eigenvalue weighted by Crippen LogP contribution is -2.12. The van der Waals surface area contributed by atoms with E-state index < -0.39 is 20.9 Å². The van der Waals surface area contributed by atoms with Crippen molar-refractivity contribution in [3.05, 3.63) is 24.3 Å². The standard InChI is InChI=1S/C11H19NO5P2/c1-3-16-18(13,9-19(14,15)17-4-2)11-7-5-6-10(12)8-11/h5-8H,3-4,9,12H2,1-2H3,(H,14,15). The van der Waals surface area contributed by atoms with E-state index in [1.54, 1.807) is 32.0 Å². The van der Waals surface area contributed by atoms with Gasteiger partial charge in [0, 0.05) is 11.0 Å². The van der Waals surface area contributed by atoms with Gasteiger partial charge in [0.2, 0.25) is 7.37 Å². The van der Waals surface area contributed by atoms with E-state index in [9.17, 15) is 14.0 Å². The Kier molecular flexibility index (Phi) is 5.78. The van der Waals surface area contributed by atoms with E-state index in [2.05, 4.69) is 0 Å². The Balaban J connectivity index is 3.11. The summed E-state index contributed by atoms with van der Waals surface area (Å²) >= 11 is 0. The molecule has 1 aromatic carbocycles. The van der Waals surface area contributed by atoms with Crippen LogP contribution in [0.2, 0.25) is 0 Å². The van der Waals surface area contributed by atoms with Gasteiger partial charge in [-0.25, -0.2) is 0 Å². The second-order valence-corrected chi connectivity index (χ2v) is 8.67. The molecule has 1 rings (SSSR count). The molecule has 3 N–H and O–H groups in total. The van der Waals surface area contributed by atoms with Gasteiger partial charge in [0.25, 0.3) is 0 Å². The summed E-state index contributed by atoms with van der Waals surface area (Å²) in [6.45, 7) is 3.49. The average Bonchev–Trinajstić information content (AvgIpc) is 2.28. The molecule has 0 saturated carbocycles. The van der Waals surface area contributed by atoms with Gasteiger partial charge in [-0.1, -0.05) is 6.07 Å². The fraction of sp³-hybridized carbons (Fsp3) is 0.455. The number of rotatable bonds is 7. The Hall–Kier alpha value is -0.640. The maximum Gasteiger partial charge on any atom is 0.338 e.